The third kappa shape index (κ3) is 5.90. The molecule has 1 heterocycles. The van der Waals surface area contributed by atoms with Crippen LogP contribution in [-0.2, 0) is 0 Å². The number of hydrogen-bond acceptors (Lipinski definition) is 0. The molecule has 10 aromatic rings. The normalized spacial score (nSPS) is 16.3. The van der Waals surface area contributed by atoms with E-state index in [0.29, 0.717) is 0 Å². The van der Waals surface area contributed by atoms with Crippen molar-refractivity contribution in [3.63, 3.8) is 0 Å². The van der Waals surface area contributed by atoms with Gasteiger partial charge < -0.3 is 0 Å². The zero-order valence-corrected chi connectivity index (χ0v) is 46.9. The van der Waals surface area contributed by atoms with E-state index >= 15 is 0 Å². The van der Waals surface area contributed by atoms with E-state index in [1.165, 1.54) is 0 Å². The van der Waals surface area contributed by atoms with Crippen molar-refractivity contribution >= 4 is 90.6 Å². The summed E-state index contributed by atoms with van der Waals surface area (Å²) >= 11 is 0. The summed E-state index contributed by atoms with van der Waals surface area (Å²) in [5.41, 5.74) is 0. The molecule has 1 fully saturated rings. The number of hydrogen-bond donors (Lipinski definition) is 0. The third-order valence-corrected chi connectivity index (χ3v) is 537. The summed E-state index contributed by atoms with van der Waals surface area (Å²) < 4.78 is 16.7. The first-order chi connectivity index (χ1) is 32.3. The minimum absolute atomic E-state index is 1.67. The molecule has 0 aliphatic carbocycles. The molecule has 1 aliphatic heterocycles. The van der Waals surface area contributed by atoms with Crippen LogP contribution in [0, 0.1) is 0 Å². The van der Waals surface area contributed by atoms with E-state index in [0.717, 1.165) is 0 Å². The fourth-order valence-electron chi connectivity index (χ4n) is 13.5. The van der Waals surface area contributed by atoms with Crippen LogP contribution in [-0.4, -0.2) is 46.7 Å². The number of benzene rings is 10. The van der Waals surface area contributed by atoms with Crippen LogP contribution in [0.15, 0.2) is 303 Å². The Morgan fingerprint density at radius 1 is 0.108 bits per heavy atom. The van der Waals surface area contributed by atoms with Crippen molar-refractivity contribution in [3.8, 4) is 0 Å². The molecule has 0 saturated carbocycles. The van der Waals surface area contributed by atoms with Crippen LogP contribution in [0.25, 0.3) is 0 Å². The standard InChI is InChI=1S/C60H50Ge5/c1-11-31-51(32-12-1)61(52-33-13-2-14-34-52)62(53-35-15-3-16-36-53,54-37-17-4-18-38-54)64(57-43-23-7-24-44-57,58-45-25-8-26-46-58)65(59-47-27-9-28-48-59,60-49-29-10-30-50-60)63(61,55-39-19-5-20-40-55)56-41-21-6-22-42-56/h1-50H. The molecule has 11 rings (SSSR count). The SMILES string of the molecule is c1cc[c]([Ge]2([c]3ccccc3)[Ge]([c]3ccccc3)([c]3ccccc3)[Ge]([c]3ccccc3)([c]3ccccc3)[Ge]([c]3ccccc3)([c]3ccccc3)[Ge]2([c]2ccccc2)[c]2ccccc2)cc1. The van der Waals surface area contributed by atoms with E-state index in [2.05, 4.69) is 303 Å². The van der Waals surface area contributed by atoms with E-state index in [1.54, 1.807) is 44.0 Å². The molecule has 0 amide bonds. The van der Waals surface area contributed by atoms with Crippen LogP contribution in [0.4, 0.5) is 0 Å². The van der Waals surface area contributed by atoms with Gasteiger partial charge in [-0.3, -0.25) is 0 Å². The monoisotopic (exact) mass is 1140 g/mol. The Labute approximate surface area is 389 Å². The molecule has 0 N–H and O–H groups in total. The maximum atomic E-state index is 2.67. The minimum atomic E-state index is -4.39. The van der Waals surface area contributed by atoms with E-state index < -0.39 is 46.7 Å². The second-order valence-electron chi connectivity index (χ2n) is 17.4. The molecule has 0 radical (unpaired) electrons. The molecule has 0 unspecified atom stereocenters. The van der Waals surface area contributed by atoms with Gasteiger partial charge in [-0.15, -0.1) is 0 Å². The van der Waals surface area contributed by atoms with E-state index in [1.807, 2.05) is 0 Å². The average molecular weight is 1130 g/mol. The topological polar surface area (TPSA) is 0 Å². The predicted molar refractivity (Wildman–Crippen MR) is 290 cm³/mol. The Kier molecular flexibility index (Phi) is 11.8. The second kappa shape index (κ2) is 18.0. The van der Waals surface area contributed by atoms with Crippen LogP contribution < -0.4 is 44.0 Å². The van der Waals surface area contributed by atoms with Crippen LogP contribution in [0.5, 0.6) is 0 Å². The van der Waals surface area contributed by atoms with Gasteiger partial charge in [-0.2, -0.15) is 0 Å². The molecule has 1 aliphatic rings. The molecule has 0 atom stereocenters. The molecule has 310 valence electrons. The van der Waals surface area contributed by atoms with E-state index in [4.69, 9.17) is 0 Å². The van der Waals surface area contributed by atoms with Crippen LogP contribution in [0.1, 0.15) is 0 Å². The predicted octanol–water partition coefficient (Wildman–Crippen LogP) is 6.71. The van der Waals surface area contributed by atoms with Crippen LogP contribution in [0.2, 0.25) is 0 Å². The van der Waals surface area contributed by atoms with Gasteiger partial charge in [0.15, 0.2) is 0 Å². The summed E-state index contributed by atoms with van der Waals surface area (Å²) in [5, 5.41) is 0. The Morgan fingerprint density at radius 3 is 0.262 bits per heavy atom. The third-order valence-electron chi connectivity index (χ3n) is 14.9. The van der Waals surface area contributed by atoms with Crippen molar-refractivity contribution in [1.82, 2.24) is 0 Å². The molecule has 65 heavy (non-hydrogen) atoms. The van der Waals surface area contributed by atoms with Crippen molar-refractivity contribution in [2.24, 2.45) is 0 Å². The fourth-order valence-corrected chi connectivity index (χ4v) is 1480. The zero-order valence-electron chi connectivity index (χ0n) is 36.4. The molecule has 0 bridgehead atoms. The first-order valence-electron chi connectivity index (χ1n) is 22.9. The van der Waals surface area contributed by atoms with Crippen molar-refractivity contribution in [1.29, 1.82) is 0 Å². The summed E-state index contributed by atoms with van der Waals surface area (Å²) in [6, 6.07) is 124. The van der Waals surface area contributed by atoms with Crippen molar-refractivity contribution < 1.29 is 0 Å². The van der Waals surface area contributed by atoms with Gasteiger partial charge >= 0.3 is 394 Å². The van der Waals surface area contributed by atoms with Crippen molar-refractivity contribution in [2.45, 2.75) is 0 Å². The Bertz CT molecular complexity index is 2380. The molecule has 0 aromatic heterocycles. The maximum absolute atomic E-state index is 4.39. The quantitative estimate of drug-likeness (QED) is 0.134. The Balaban J connectivity index is 1.66. The zero-order chi connectivity index (χ0) is 43.6. The van der Waals surface area contributed by atoms with Crippen LogP contribution in [0.3, 0.4) is 0 Å². The summed E-state index contributed by atoms with van der Waals surface area (Å²) in [5.74, 6) is 0. The summed E-state index contributed by atoms with van der Waals surface area (Å²) in [7, 11) is -21.9. The van der Waals surface area contributed by atoms with Gasteiger partial charge in [0.1, 0.15) is 0 Å². The molecule has 10 aromatic carbocycles. The Hall–Kier alpha value is -5.09. The number of rotatable bonds is 10. The van der Waals surface area contributed by atoms with Gasteiger partial charge in [-0.05, 0) is 0 Å². The molecule has 5 heteroatoms. The van der Waals surface area contributed by atoms with Crippen molar-refractivity contribution in [3.05, 3.63) is 303 Å². The summed E-state index contributed by atoms with van der Waals surface area (Å²) in [6.45, 7) is 0. The van der Waals surface area contributed by atoms with Crippen LogP contribution >= 0.6 is 0 Å². The van der Waals surface area contributed by atoms with Gasteiger partial charge in [0, 0.05) is 0 Å². The molecule has 0 nitrogen and oxygen atoms in total. The second-order valence-corrected chi connectivity index (χ2v) is 184. The molecular weight excluding hydrogens is 1080 g/mol. The van der Waals surface area contributed by atoms with Gasteiger partial charge in [0.2, 0.25) is 0 Å². The summed E-state index contributed by atoms with van der Waals surface area (Å²) in [6.07, 6.45) is 0. The molecule has 1 saturated heterocycles. The first kappa shape index (κ1) is 42.5. The Morgan fingerprint density at radius 2 is 0.185 bits per heavy atom. The average Bonchev–Trinajstić information content (AvgIpc) is 3.62. The molecular formula is C60H50Ge5. The van der Waals surface area contributed by atoms with Gasteiger partial charge in [0.05, 0.1) is 0 Å². The van der Waals surface area contributed by atoms with E-state index in [9.17, 15) is 0 Å². The van der Waals surface area contributed by atoms with Crippen molar-refractivity contribution in [2.75, 3.05) is 0 Å². The van der Waals surface area contributed by atoms with Gasteiger partial charge in [-0.1, -0.05) is 0 Å². The summed E-state index contributed by atoms with van der Waals surface area (Å²) in [4.78, 5) is 0. The van der Waals surface area contributed by atoms with E-state index in [-0.39, 0.29) is 0 Å². The van der Waals surface area contributed by atoms with Gasteiger partial charge in [-0.25, -0.2) is 0 Å². The first-order valence-corrected chi connectivity index (χ1v) is 65.8. The fraction of sp³-hybridized carbons (Fsp3) is 0. The van der Waals surface area contributed by atoms with Gasteiger partial charge in [0.25, 0.3) is 0 Å². The molecule has 0 spiro atoms.